The molecule has 0 spiro atoms. The zero-order chi connectivity index (χ0) is 10.1. The molecule has 0 unspecified atom stereocenters. The zero-order valence-corrected chi connectivity index (χ0v) is 7.60. The Morgan fingerprint density at radius 1 is 1.64 bits per heavy atom. The van der Waals surface area contributed by atoms with Crippen molar-refractivity contribution in [2.75, 3.05) is 19.7 Å². The van der Waals surface area contributed by atoms with Crippen molar-refractivity contribution in [2.45, 2.75) is 18.6 Å². The summed E-state index contributed by atoms with van der Waals surface area (Å²) in [5.41, 5.74) is 0. The highest BCUT2D eigenvalue weighted by atomic mass is 16.5. The number of morpholine rings is 1. The van der Waals surface area contributed by atoms with E-state index >= 15 is 0 Å². The van der Waals surface area contributed by atoms with Gasteiger partial charge < -0.3 is 20.1 Å². The van der Waals surface area contributed by atoms with Crippen LogP contribution in [0.5, 0.6) is 0 Å². The Hall–Kier alpha value is -1.30. The third kappa shape index (κ3) is 1.65. The van der Waals surface area contributed by atoms with E-state index in [1.807, 2.05) is 0 Å². The van der Waals surface area contributed by atoms with Crippen molar-refractivity contribution in [1.82, 2.24) is 10.2 Å². The molecule has 2 amide bonds. The largest absolute Gasteiger partial charge is 0.465 e. The lowest BCUT2D eigenvalue weighted by atomic mass is 10.0. The van der Waals surface area contributed by atoms with E-state index in [1.165, 1.54) is 4.90 Å². The number of carboxylic acid groups (broad SMARTS) is 1. The van der Waals surface area contributed by atoms with Crippen molar-refractivity contribution in [3.63, 3.8) is 0 Å². The van der Waals surface area contributed by atoms with Gasteiger partial charge in [0.2, 0.25) is 5.91 Å². The molecule has 0 aromatic heterocycles. The minimum Gasteiger partial charge on any atom is -0.465 e. The van der Waals surface area contributed by atoms with E-state index in [-0.39, 0.29) is 24.7 Å². The van der Waals surface area contributed by atoms with E-state index < -0.39 is 6.09 Å². The summed E-state index contributed by atoms with van der Waals surface area (Å²) in [7, 11) is 0. The van der Waals surface area contributed by atoms with Gasteiger partial charge in [0, 0.05) is 13.1 Å². The van der Waals surface area contributed by atoms with E-state index in [0.717, 1.165) is 0 Å². The van der Waals surface area contributed by atoms with Crippen LogP contribution in [-0.2, 0) is 9.53 Å². The number of amides is 2. The Balaban J connectivity index is 1.99. The summed E-state index contributed by atoms with van der Waals surface area (Å²) in [5.74, 6) is -0.168. The standard InChI is InChI=1S/C8H12N2O4/c11-7-4-14-6-1-2-10(8(12)13)3-5(6)9-7/h5-6H,1-4H2,(H,9,11)(H,12,13)/t5-,6-/m1/s1. The topological polar surface area (TPSA) is 78.9 Å². The Morgan fingerprint density at radius 2 is 2.43 bits per heavy atom. The van der Waals surface area contributed by atoms with Crippen molar-refractivity contribution >= 4 is 12.0 Å². The summed E-state index contributed by atoms with van der Waals surface area (Å²) in [5, 5.41) is 11.5. The monoisotopic (exact) mass is 200 g/mol. The van der Waals surface area contributed by atoms with Gasteiger partial charge in [0.1, 0.15) is 6.61 Å². The van der Waals surface area contributed by atoms with Crippen LogP contribution in [0, 0.1) is 0 Å². The molecule has 0 aromatic rings. The highest BCUT2D eigenvalue weighted by Crippen LogP contribution is 2.17. The van der Waals surface area contributed by atoms with E-state index in [4.69, 9.17) is 9.84 Å². The molecular weight excluding hydrogens is 188 g/mol. The molecule has 2 saturated heterocycles. The van der Waals surface area contributed by atoms with E-state index in [1.54, 1.807) is 0 Å². The summed E-state index contributed by atoms with van der Waals surface area (Å²) in [6.07, 6.45) is -0.316. The normalized spacial score (nSPS) is 32.0. The number of nitrogens with zero attached hydrogens (tertiary/aromatic N) is 1. The predicted molar refractivity (Wildman–Crippen MR) is 45.9 cm³/mol. The van der Waals surface area contributed by atoms with Crippen molar-refractivity contribution < 1.29 is 19.4 Å². The molecular formula is C8H12N2O4. The molecule has 6 nitrogen and oxygen atoms in total. The van der Waals surface area contributed by atoms with Crippen molar-refractivity contribution in [3.8, 4) is 0 Å². The summed E-state index contributed by atoms with van der Waals surface area (Å²) < 4.78 is 5.29. The number of nitrogens with one attached hydrogen (secondary N) is 1. The first-order valence-corrected chi connectivity index (χ1v) is 4.55. The number of hydrogen-bond donors (Lipinski definition) is 2. The quantitative estimate of drug-likeness (QED) is 0.539. The van der Waals surface area contributed by atoms with Crippen LogP contribution in [0.4, 0.5) is 4.79 Å². The van der Waals surface area contributed by atoms with Crippen LogP contribution in [0.25, 0.3) is 0 Å². The van der Waals surface area contributed by atoms with Crippen LogP contribution in [-0.4, -0.2) is 53.8 Å². The smallest absolute Gasteiger partial charge is 0.407 e. The molecule has 0 saturated carbocycles. The van der Waals surface area contributed by atoms with E-state index in [2.05, 4.69) is 5.32 Å². The molecule has 0 aromatic carbocycles. The van der Waals surface area contributed by atoms with Gasteiger partial charge in [-0.2, -0.15) is 0 Å². The maximum atomic E-state index is 11.0. The fraction of sp³-hybridized carbons (Fsp3) is 0.750. The van der Waals surface area contributed by atoms with Gasteiger partial charge in [-0.25, -0.2) is 4.79 Å². The number of fused-ring (bicyclic) bond motifs is 1. The van der Waals surface area contributed by atoms with Gasteiger partial charge in [-0.3, -0.25) is 4.79 Å². The molecule has 2 heterocycles. The Morgan fingerprint density at radius 3 is 3.14 bits per heavy atom. The average molecular weight is 200 g/mol. The molecule has 2 atom stereocenters. The van der Waals surface area contributed by atoms with Crippen LogP contribution in [0.15, 0.2) is 0 Å². The molecule has 2 rings (SSSR count). The van der Waals surface area contributed by atoms with E-state index in [9.17, 15) is 9.59 Å². The fourth-order valence-corrected chi connectivity index (χ4v) is 1.87. The average Bonchev–Trinajstić information content (AvgIpc) is 2.16. The number of likely N-dealkylation sites (tertiary alicyclic amines) is 1. The van der Waals surface area contributed by atoms with Crippen molar-refractivity contribution in [1.29, 1.82) is 0 Å². The van der Waals surface area contributed by atoms with Gasteiger partial charge in [0.25, 0.3) is 0 Å². The summed E-state index contributed by atoms with van der Waals surface area (Å²) in [6.45, 7) is 0.895. The van der Waals surface area contributed by atoms with Crippen LogP contribution in [0.2, 0.25) is 0 Å². The Labute approximate surface area is 80.8 Å². The van der Waals surface area contributed by atoms with Gasteiger partial charge in [-0.05, 0) is 6.42 Å². The molecule has 0 bridgehead atoms. The first-order chi connectivity index (χ1) is 6.66. The van der Waals surface area contributed by atoms with Gasteiger partial charge in [0.15, 0.2) is 0 Å². The molecule has 0 radical (unpaired) electrons. The lowest BCUT2D eigenvalue weighted by Crippen LogP contribution is -2.60. The SMILES string of the molecule is O=C1CO[C@@H]2CCN(C(=O)O)C[C@H]2N1. The molecule has 0 aliphatic carbocycles. The Kier molecular flexibility index (Phi) is 2.28. The second kappa shape index (κ2) is 3.45. The highest BCUT2D eigenvalue weighted by Gasteiger charge is 2.36. The molecule has 78 valence electrons. The van der Waals surface area contributed by atoms with Gasteiger partial charge in [-0.15, -0.1) is 0 Å². The second-order valence-corrected chi connectivity index (χ2v) is 3.54. The van der Waals surface area contributed by atoms with E-state index in [0.29, 0.717) is 19.5 Å². The third-order valence-electron chi connectivity index (χ3n) is 2.59. The zero-order valence-electron chi connectivity index (χ0n) is 7.60. The van der Waals surface area contributed by atoms with Crippen molar-refractivity contribution in [3.05, 3.63) is 0 Å². The van der Waals surface area contributed by atoms with Gasteiger partial charge in [-0.1, -0.05) is 0 Å². The van der Waals surface area contributed by atoms with Crippen molar-refractivity contribution in [2.24, 2.45) is 0 Å². The van der Waals surface area contributed by atoms with Gasteiger partial charge in [0.05, 0.1) is 12.1 Å². The lowest BCUT2D eigenvalue weighted by molar-refractivity contribution is -0.139. The molecule has 2 aliphatic rings. The molecule has 2 aliphatic heterocycles. The second-order valence-electron chi connectivity index (χ2n) is 3.54. The number of carbonyl (C=O) groups is 2. The molecule has 6 heteroatoms. The Bertz CT molecular complexity index is 266. The van der Waals surface area contributed by atoms with Crippen LogP contribution >= 0.6 is 0 Å². The summed E-state index contributed by atoms with van der Waals surface area (Å²) in [4.78, 5) is 23.0. The van der Waals surface area contributed by atoms with Gasteiger partial charge >= 0.3 is 6.09 Å². The fourth-order valence-electron chi connectivity index (χ4n) is 1.87. The first kappa shape index (κ1) is 9.26. The molecule has 2 N–H and O–H groups in total. The lowest BCUT2D eigenvalue weighted by Gasteiger charge is -2.39. The van der Waals surface area contributed by atoms with Crippen LogP contribution in [0.1, 0.15) is 6.42 Å². The minimum atomic E-state index is -0.941. The number of rotatable bonds is 0. The first-order valence-electron chi connectivity index (χ1n) is 4.55. The van der Waals surface area contributed by atoms with Crippen LogP contribution in [0.3, 0.4) is 0 Å². The maximum absolute atomic E-state index is 11.0. The summed E-state index contributed by atoms with van der Waals surface area (Å²) >= 11 is 0. The molecule has 2 fully saturated rings. The maximum Gasteiger partial charge on any atom is 0.407 e. The summed E-state index contributed by atoms with van der Waals surface area (Å²) in [6, 6.07) is -0.180. The predicted octanol–water partition coefficient (Wildman–Crippen LogP) is -0.746. The third-order valence-corrected chi connectivity index (χ3v) is 2.59. The highest BCUT2D eigenvalue weighted by molar-refractivity contribution is 5.78. The van der Waals surface area contributed by atoms with Crippen LogP contribution < -0.4 is 5.32 Å². The molecule has 14 heavy (non-hydrogen) atoms. The number of piperidine rings is 1. The number of carbonyl (C=O) groups excluding carboxylic acids is 1. The number of ether oxygens (including phenoxy) is 1. The minimum absolute atomic E-state index is 0.0247. The number of hydrogen-bond acceptors (Lipinski definition) is 3.